The molecule has 0 radical (unpaired) electrons. The van der Waals surface area contributed by atoms with Crippen LogP contribution in [0.1, 0.15) is 30.5 Å². The number of fused-ring (bicyclic) bond motifs is 1. The Hall–Kier alpha value is -4.29. The molecular weight excluding hydrogens is 532 g/mol. The molecule has 2 fully saturated rings. The van der Waals surface area contributed by atoms with Crippen molar-refractivity contribution < 1.29 is 29.3 Å². The fourth-order valence-corrected chi connectivity index (χ4v) is 4.24. The molecule has 1 aliphatic heterocycles. The summed E-state index contributed by atoms with van der Waals surface area (Å²) in [7, 11) is 1.60. The molecule has 41 heavy (non-hydrogen) atoms. The molecule has 4 atom stereocenters. The van der Waals surface area contributed by atoms with Crippen LogP contribution in [-0.2, 0) is 20.9 Å². The van der Waals surface area contributed by atoms with Crippen LogP contribution in [0.15, 0.2) is 36.7 Å². The molecule has 1 aliphatic carbocycles. The van der Waals surface area contributed by atoms with Gasteiger partial charge in [0.15, 0.2) is 23.8 Å². The molecule has 14 nitrogen and oxygen atoms in total. The Morgan fingerprint density at radius 2 is 2.00 bits per heavy atom. The first-order chi connectivity index (χ1) is 19.8. The second-order valence-corrected chi connectivity index (χ2v) is 9.90. The van der Waals surface area contributed by atoms with E-state index in [9.17, 15) is 19.8 Å². The summed E-state index contributed by atoms with van der Waals surface area (Å²) in [6.07, 6.45) is -2.14. The SMILES string of the molecule is CN(CC#Cc1nc(N)c2ncn([C@@H]3O[C@H](C(=O)NC4CC4)C(O)C3O)c2n1)C(=O)NCCOCc1ccccc1. The smallest absolute Gasteiger partial charge is 0.318 e. The van der Waals surface area contributed by atoms with E-state index in [4.69, 9.17) is 15.2 Å². The predicted octanol–water partition coefficient (Wildman–Crippen LogP) is -0.484. The number of benzene rings is 1. The first kappa shape index (κ1) is 28.2. The van der Waals surface area contributed by atoms with Crippen LogP contribution in [0.25, 0.3) is 11.2 Å². The average molecular weight is 565 g/mol. The van der Waals surface area contributed by atoms with Gasteiger partial charge in [0.2, 0.25) is 5.82 Å². The van der Waals surface area contributed by atoms with Gasteiger partial charge in [0.1, 0.15) is 17.7 Å². The van der Waals surface area contributed by atoms with Gasteiger partial charge in [-0.15, -0.1) is 0 Å². The van der Waals surface area contributed by atoms with E-state index in [-0.39, 0.29) is 41.4 Å². The molecule has 1 saturated heterocycles. The second kappa shape index (κ2) is 12.5. The van der Waals surface area contributed by atoms with Crippen LogP contribution in [-0.4, -0.2) is 97.7 Å². The Morgan fingerprint density at radius 1 is 1.22 bits per heavy atom. The Morgan fingerprint density at radius 3 is 2.76 bits per heavy atom. The van der Waals surface area contributed by atoms with Gasteiger partial charge < -0.3 is 41.0 Å². The monoisotopic (exact) mass is 564 g/mol. The zero-order chi connectivity index (χ0) is 28.9. The number of hydrogen-bond acceptors (Lipinski definition) is 10. The lowest BCUT2D eigenvalue weighted by Crippen LogP contribution is -2.43. The van der Waals surface area contributed by atoms with Crippen LogP contribution in [0.3, 0.4) is 0 Å². The van der Waals surface area contributed by atoms with Gasteiger partial charge in [0, 0.05) is 19.6 Å². The van der Waals surface area contributed by atoms with Gasteiger partial charge in [-0.3, -0.25) is 9.36 Å². The van der Waals surface area contributed by atoms with Gasteiger partial charge in [0.05, 0.1) is 26.1 Å². The number of aliphatic hydroxyl groups excluding tert-OH is 2. The number of carbonyl (C=O) groups excluding carboxylic acids is 2. The molecule has 3 heterocycles. The molecule has 2 aliphatic rings. The lowest BCUT2D eigenvalue weighted by Gasteiger charge is -2.16. The number of aromatic nitrogens is 4. The van der Waals surface area contributed by atoms with Gasteiger partial charge in [-0.25, -0.2) is 19.7 Å². The van der Waals surface area contributed by atoms with Crippen molar-refractivity contribution in [3.63, 3.8) is 0 Å². The van der Waals surface area contributed by atoms with Crippen LogP contribution in [0.2, 0.25) is 0 Å². The number of imidazole rings is 1. The van der Waals surface area contributed by atoms with Gasteiger partial charge in [-0.05, 0) is 24.3 Å². The molecule has 2 unspecified atom stereocenters. The molecule has 0 spiro atoms. The first-order valence-electron chi connectivity index (χ1n) is 13.2. The summed E-state index contributed by atoms with van der Waals surface area (Å²) in [5.74, 6) is 5.26. The van der Waals surface area contributed by atoms with E-state index < -0.39 is 30.4 Å². The lowest BCUT2D eigenvalue weighted by molar-refractivity contribution is -0.137. The number of amides is 3. The third kappa shape index (κ3) is 6.72. The summed E-state index contributed by atoms with van der Waals surface area (Å²) in [6, 6.07) is 9.51. The molecule has 3 amide bonds. The van der Waals surface area contributed by atoms with E-state index in [2.05, 4.69) is 37.4 Å². The van der Waals surface area contributed by atoms with E-state index in [0.717, 1.165) is 18.4 Å². The van der Waals surface area contributed by atoms with Crippen molar-refractivity contribution in [2.75, 3.05) is 32.5 Å². The highest BCUT2D eigenvalue weighted by atomic mass is 16.6. The molecule has 216 valence electrons. The van der Waals surface area contributed by atoms with E-state index in [1.807, 2.05) is 30.3 Å². The number of carbonyl (C=O) groups is 2. The van der Waals surface area contributed by atoms with Gasteiger partial charge >= 0.3 is 6.03 Å². The van der Waals surface area contributed by atoms with E-state index >= 15 is 0 Å². The van der Waals surface area contributed by atoms with Crippen molar-refractivity contribution in [1.29, 1.82) is 0 Å². The van der Waals surface area contributed by atoms with E-state index in [1.165, 1.54) is 15.8 Å². The molecule has 1 aromatic carbocycles. The maximum atomic E-state index is 12.5. The highest BCUT2D eigenvalue weighted by molar-refractivity contribution is 5.83. The fraction of sp³-hybridized carbons (Fsp3) is 0.444. The minimum Gasteiger partial charge on any atom is -0.387 e. The summed E-state index contributed by atoms with van der Waals surface area (Å²) >= 11 is 0. The molecule has 1 saturated carbocycles. The summed E-state index contributed by atoms with van der Waals surface area (Å²) in [5, 5.41) is 26.6. The molecule has 0 bridgehead atoms. The minimum absolute atomic E-state index is 0.0516. The number of hydrogen-bond donors (Lipinski definition) is 5. The zero-order valence-electron chi connectivity index (χ0n) is 22.4. The summed E-state index contributed by atoms with van der Waals surface area (Å²) < 4.78 is 12.7. The number of nitrogen functional groups attached to an aromatic ring is 1. The number of urea groups is 1. The average Bonchev–Trinajstić information content (AvgIpc) is 3.60. The van der Waals surface area contributed by atoms with Gasteiger partial charge in [0.25, 0.3) is 5.91 Å². The number of nitrogens with zero attached hydrogens (tertiary/aromatic N) is 5. The third-order valence-corrected chi connectivity index (χ3v) is 6.64. The molecule has 14 heteroatoms. The van der Waals surface area contributed by atoms with Crippen LogP contribution < -0.4 is 16.4 Å². The molecule has 2 aromatic heterocycles. The third-order valence-electron chi connectivity index (χ3n) is 6.64. The number of ether oxygens (including phenoxy) is 2. The van der Waals surface area contributed by atoms with Crippen molar-refractivity contribution in [2.45, 2.75) is 50.0 Å². The van der Waals surface area contributed by atoms with Crippen LogP contribution in [0.4, 0.5) is 10.6 Å². The van der Waals surface area contributed by atoms with Crippen molar-refractivity contribution in [3.05, 3.63) is 48.0 Å². The Bertz CT molecular complexity index is 1450. The largest absolute Gasteiger partial charge is 0.387 e. The number of aliphatic hydroxyl groups is 2. The first-order valence-corrected chi connectivity index (χ1v) is 13.2. The standard InChI is InChI=1S/C27H32N8O6/c1-34(27(39)29-11-13-40-14-16-6-3-2-4-7-16)12-5-8-18-32-23(28)19-24(33-18)35(15-30-19)26-21(37)20(36)22(41-26)25(38)31-17-9-10-17/h2-4,6-7,15,17,20-22,26,36-37H,9-14H2,1H3,(H,29,39)(H,31,38)(H2,28,32,33)/t20?,21?,22-,26+/m0/s1. The molecule has 6 N–H and O–H groups in total. The lowest BCUT2D eigenvalue weighted by atomic mass is 10.1. The Labute approximate surface area is 235 Å². The number of rotatable bonds is 9. The van der Waals surface area contributed by atoms with E-state index in [1.54, 1.807) is 7.05 Å². The van der Waals surface area contributed by atoms with Crippen molar-refractivity contribution >= 4 is 28.9 Å². The van der Waals surface area contributed by atoms with Gasteiger partial charge in [-0.2, -0.15) is 0 Å². The van der Waals surface area contributed by atoms with Crippen LogP contribution in [0, 0.1) is 11.8 Å². The van der Waals surface area contributed by atoms with Crippen LogP contribution >= 0.6 is 0 Å². The zero-order valence-corrected chi connectivity index (χ0v) is 22.4. The highest BCUT2D eigenvalue weighted by Crippen LogP contribution is 2.33. The number of nitrogens with one attached hydrogen (secondary N) is 2. The fourth-order valence-electron chi connectivity index (χ4n) is 4.24. The quantitative estimate of drug-likeness (QED) is 0.168. The summed E-state index contributed by atoms with van der Waals surface area (Å²) in [6.45, 7) is 1.26. The normalized spacial score (nSPS) is 21.7. The highest BCUT2D eigenvalue weighted by Gasteiger charge is 2.48. The minimum atomic E-state index is -1.44. The molecule has 5 rings (SSSR count). The predicted molar refractivity (Wildman–Crippen MR) is 146 cm³/mol. The topological polar surface area (TPSA) is 190 Å². The molecule has 3 aromatic rings. The Balaban J connectivity index is 1.17. The number of anilines is 1. The molecular formula is C27H32N8O6. The summed E-state index contributed by atoms with van der Waals surface area (Å²) in [4.78, 5) is 39.0. The summed E-state index contributed by atoms with van der Waals surface area (Å²) in [5.41, 5.74) is 7.58. The van der Waals surface area contributed by atoms with Crippen molar-refractivity contribution in [3.8, 4) is 11.8 Å². The van der Waals surface area contributed by atoms with Gasteiger partial charge in [-0.1, -0.05) is 36.3 Å². The number of nitrogens with two attached hydrogens (primary N) is 1. The van der Waals surface area contributed by atoms with Crippen LogP contribution in [0.5, 0.6) is 0 Å². The maximum absolute atomic E-state index is 12.5. The Kier molecular flexibility index (Phi) is 8.60. The van der Waals surface area contributed by atoms with Crippen molar-refractivity contribution in [1.82, 2.24) is 35.1 Å². The van der Waals surface area contributed by atoms with Crippen molar-refractivity contribution in [2.24, 2.45) is 0 Å². The second-order valence-electron chi connectivity index (χ2n) is 9.90. The maximum Gasteiger partial charge on any atom is 0.318 e. The van der Waals surface area contributed by atoms with E-state index in [0.29, 0.717) is 19.8 Å².